The number of ketones is 2. The molecule has 1 heterocycles. The Labute approximate surface area is 247 Å². The third-order valence-corrected chi connectivity index (χ3v) is 9.40. The van der Waals surface area contributed by atoms with Gasteiger partial charge in [-0.05, 0) is 67.3 Å². The lowest BCUT2D eigenvalue weighted by molar-refractivity contribution is -0.119. The number of benzene rings is 2. The highest BCUT2D eigenvalue weighted by molar-refractivity contribution is 7.87. The number of allylic oxidation sites excluding steroid dienone is 4. The van der Waals surface area contributed by atoms with E-state index in [1.165, 1.54) is 12.1 Å². The summed E-state index contributed by atoms with van der Waals surface area (Å²) in [6.45, 7) is 12.1. The quantitative estimate of drug-likeness (QED) is 0.366. The van der Waals surface area contributed by atoms with Crippen molar-refractivity contribution in [3.8, 4) is 11.5 Å². The second-order valence-electron chi connectivity index (χ2n) is 12.8. The van der Waals surface area contributed by atoms with Crippen molar-refractivity contribution in [3.63, 3.8) is 0 Å². The third kappa shape index (κ3) is 5.69. The smallest absolute Gasteiger partial charge is 0.339 e. The van der Waals surface area contributed by atoms with Gasteiger partial charge in [0.15, 0.2) is 17.3 Å². The normalized spacial score (nSPS) is 20.4. The van der Waals surface area contributed by atoms with Gasteiger partial charge in [-0.15, -0.1) is 0 Å². The number of nitrogens with one attached hydrogen (secondary N) is 1. The third-order valence-electron chi connectivity index (χ3n) is 7.89. The van der Waals surface area contributed by atoms with Crippen LogP contribution in [0.4, 0.5) is 0 Å². The zero-order valence-electron chi connectivity index (χ0n) is 24.3. The summed E-state index contributed by atoms with van der Waals surface area (Å²) in [5, 5.41) is 3.51. The van der Waals surface area contributed by atoms with E-state index in [0.29, 0.717) is 42.4 Å². The molecule has 0 radical (unpaired) electrons. The molecule has 41 heavy (non-hydrogen) atoms. The summed E-state index contributed by atoms with van der Waals surface area (Å²) in [7, 11) is -4.21. The molecule has 2 aliphatic carbocycles. The zero-order chi connectivity index (χ0) is 29.9. The maximum Gasteiger partial charge on any atom is 0.339 e. The molecular formula is C32H36ClNO6S. The van der Waals surface area contributed by atoms with Gasteiger partial charge in [0.25, 0.3) is 0 Å². The summed E-state index contributed by atoms with van der Waals surface area (Å²) < 4.78 is 37.7. The molecule has 0 bridgehead atoms. The molecule has 0 amide bonds. The first kappa shape index (κ1) is 29.4. The second-order valence-corrected chi connectivity index (χ2v) is 14.8. The van der Waals surface area contributed by atoms with Gasteiger partial charge in [0.05, 0.1) is 11.6 Å². The fraction of sp³-hybridized carbons (Fsp3) is 0.438. The molecule has 1 N–H and O–H groups in total. The van der Waals surface area contributed by atoms with Crippen molar-refractivity contribution in [2.24, 2.45) is 10.8 Å². The maximum atomic E-state index is 13.7. The SMILES string of the molecule is CCOc1cc(C2C3=C(CC(C)(C)CC3=O)NC3=C2C(=O)CC(C)(C)C3)cc(Cl)c1OS(=O)(=O)c1ccc(C)cc1. The van der Waals surface area contributed by atoms with Gasteiger partial charge in [-0.1, -0.05) is 57.0 Å². The van der Waals surface area contributed by atoms with Crippen LogP contribution >= 0.6 is 11.6 Å². The Bertz CT molecular complexity index is 1560. The highest BCUT2D eigenvalue weighted by Gasteiger charge is 2.46. The van der Waals surface area contributed by atoms with Crippen LogP contribution in [0.15, 0.2) is 63.8 Å². The van der Waals surface area contributed by atoms with E-state index in [1.807, 2.05) is 6.92 Å². The van der Waals surface area contributed by atoms with E-state index in [9.17, 15) is 18.0 Å². The fourth-order valence-corrected chi connectivity index (χ4v) is 7.44. The molecule has 0 aromatic heterocycles. The molecule has 0 fully saturated rings. The topological polar surface area (TPSA) is 98.8 Å². The number of halogens is 1. The number of dihydropyridines is 1. The number of aryl methyl sites for hydroxylation is 1. The van der Waals surface area contributed by atoms with Crippen LogP contribution in [0.3, 0.4) is 0 Å². The summed E-state index contributed by atoms with van der Waals surface area (Å²) in [5.41, 5.74) is 3.83. The van der Waals surface area contributed by atoms with Crippen LogP contribution < -0.4 is 14.2 Å². The number of hydrogen-bond donors (Lipinski definition) is 1. The van der Waals surface area contributed by atoms with Crippen molar-refractivity contribution in [1.29, 1.82) is 0 Å². The number of carbonyl (C=O) groups is 2. The molecular weight excluding hydrogens is 562 g/mol. The van der Waals surface area contributed by atoms with Gasteiger partial charge in [-0.25, -0.2) is 0 Å². The van der Waals surface area contributed by atoms with Gasteiger partial charge in [-0.3, -0.25) is 9.59 Å². The molecule has 9 heteroatoms. The van der Waals surface area contributed by atoms with Crippen molar-refractivity contribution in [1.82, 2.24) is 5.32 Å². The Hall–Kier alpha value is -3.10. The minimum absolute atomic E-state index is 0.0108. The van der Waals surface area contributed by atoms with Crippen LogP contribution in [-0.2, 0) is 19.7 Å². The Morgan fingerprint density at radius 2 is 1.44 bits per heavy atom. The zero-order valence-corrected chi connectivity index (χ0v) is 25.9. The molecule has 218 valence electrons. The van der Waals surface area contributed by atoms with Crippen LogP contribution in [0.2, 0.25) is 5.02 Å². The van der Waals surface area contributed by atoms with Crippen molar-refractivity contribution < 1.29 is 26.9 Å². The molecule has 0 atom stereocenters. The van der Waals surface area contributed by atoms with Crippen molar-refractivity contribution in [2.75, 3.05) is 6.61 Å². The summed E-state index contributed by atoms with van der Waals surface area (Å²) in [4.78, 5) is 27.3. The number of hydrogen-bond acceptors (Lipinski definition) is 7. The minimum atomic E-state index is -4.21. The molecule has 1 aliphatic heterocycles. The van der Waals surface area contributed by atoms with Crippen LogP contribution in [0.5, 0.6) is 11.5 Å². The molecule has 0 spiro atoms. The van der Waals surface area contributed by atoms with Gasteiger partial charge < -0.3 is 14.2 Å². The number of ether oxygens (including phenoxy) is 1. The lowest BCUT2D eigenvalue weighted by Gasteiger charge is -2.44. The largest absolute Gasteiger partial charge is 0.490 e. The lowest BCUT2D eigenvalue weighted by Crippen LogP contribution is -2.42. The Morgan fingerprint density at radius 1 is 0.902 bits per heavy atom. The Morgan fingerprint density at radius 3 is 1.95 bits per heavy atom. The van der Waals surface area contributed by atoms with E-state index in [2.05, 4.69) is 33.0 Å². The molecule has 2 aromatic rings. The highest BCUT2D eigenvalue weighted by atomic mass is 35.5. The van der Waals surface area contributed by atoms with E-state index >= 15 is 0 Å². The van der Waals surface area contributed by atoms with Crippen LogP contribution in [-0.4, -0.2) is 26.6 Å². The Kier molecular flexibility index (Phi) is 7.40. The molecule has 2 aromatic carbocycles. The molecule has 3 aliphatic rings. The molecule has 0 saturated heterocycles. The van der Waals surface area contributed by atoms with Gasteiger partial charge in [-0.2, -0.15) is 8.42 Å². The summed E-state index contributed by atoms with van der Waals surface area (Å²) in [6, 6.07) is 9.55. The molecule has 0 saturated carbocycles. The van der Waals surface area contributed by atoms with Crippen LogP contribution in [0.25, 0.3) is 0 Å². The predicted molar refractivity (Wildman–Crippen MR) is 158 cm³/mol. The van der Waals surface area contributed by atoms with Crippen molar-refractivity contribution in [3.05, 3.63) is 75.1 Å². The fourth-order valence-electron chi connectivity index (χ4n) is 6.18. The van der Waals surface area contributed by atoms with E-state index < -0.39 is 16.0 Å². The monoisotopic (exact) mass is 597 g/mol. The Balaban J connectivity index is 1.65. The summed E-state index contributed by atoms with van der Waals surface area (Å²) in [6.07, 6.45) is 2.04. The van der Waals surface area contributed by atoms with Crippen molar-refractivity contribution in [2.45, 2.75) is 78.0 Å². The number of carbonyl (C=O) groups excluding carboxylic acids is 2. The second kappa shape index (κ2) is 10.3. The highest BCUT2D eigenvalue weighted by Crippen LogP contribution is 2.52. The number of Topliss-reactive ketones (excluding diaryl/α,β-unsaturated/α-hetero) is 2. The molecule has 7 nitrogen and oxygen atoms in total. The molecule has 0 unspecified atom stereocenters. The van der Waals surface area contributed by atoms with E-state index in [0.717, 1.165) is 17.0 Å². The van der Waals surface area contributed by atoms with Gasteiger partial charge >= 0.3 is 10.1 Å². The van der Waals surface area contributed by atoms with E-state index in [-0.39, 0.29) is 50.4 Å². The van der Waals surface area contributed by atoms with Gasteiger partial charge in [0.1, 0.15) is 4.90 Å². The maximum absolute atomic E-state index is 13.7. The first-order valence-corrected chi connectivity index (χ1v) is 15.7. The van der Waals surface area contributed by atoms with Crippen LogP contribution in [0.1, 0.15) is 77.3 Å². The first-order chi connectivity index (χ1) is 19.1. The predicted octanol–water partition coefficient (Wildman–Crippen LogP) is 6.79. The number of rotatable bonds is 6. The van der Waals surface area contributed by atoms with Gasteiger partial charge in [0, 0.05) is 41.3 Å². The minimum Gasteiger partial charge on any atom is -0.490 e. The lowest BCUT2D eigenvalue weighted by atomic mass is 9.64. The standard InChI is InChI=1S/C32H36ClNO6S/c1-7-39-26-13-19(12-21(33)30(26)40-41(37,38)20-10-8-18(2)9-11-20)27-28-22(14-31(3,4)16-24(28)35)34-23-15-32(5,6)17-25(36)29(23)27/h8-13,27,34H,7,14-17H2,1-6H3. The first-order valence-electron chi connectivity index (χ1n) is 13.9. The average molecular weight is 598 g/mol. The summed E-state index contributed by atoms with van der Waals surface area (Å²) >= 11 is 6.73. The summed E-state index contributed by atoms with van der Waals surface area (Å²) in [5.74, 6) is -0.695. The van der Waals surface area contributed by atoms with E-state index in [4.69, 9.17) is 20.5 Å². The molecule has 5 rings (SSSR count). The average Bonchev–Trinajstić information content (AvgIpc) is 2.83. The van der Waals surface area contributed by atoms with Gasteiger partial charge in [0.2, 0.25) is 5.75 Å². The van der Waals surface area contributed by atoms with Crippen molar-refractivity contribution >= 4 is 33.3 Å². The van der Waals surface area contributed by atoms with E-state index in [1.54, 1.807) is 31.2 Å². The van der Waals surface area contributed by atoms with Crippen LogP contribution in [0, 0.1) is 17.8 Å².